The third-order valence-electron chi connectivity index (χ3n) is 5.98. The molecule has 1 amide bonds. The van der Waals surface area contributed by atoms with E-state index in [1.807, 2.05) is 44.4 Å². The van der Waals surface area contributed by atoms with E-state index >= 15 is 0 Å². The first-order valence-corrected chi connectivity index (χ1v) is 11.4. The fourth-order valence-corrected chi connectivity index (χ4v) is 4.97. The minimum absolute atomic E-state index is 0.0331. The molecule has 0 N–H and O–H groups in total. The van der Waals surface area contributed by atoms with Crippen LogP contribution in [0.2, 0.25) is 0 Å². The molecular weight excluding hydrogens is 412 g/mol. The lowest BCUT2D eigenvalue weighted by atomic mass is 9.69. The Bertz CT molecular complexity index is 1090. The van der Waals surface area contributed by atoms with E-state index in [9.17, 15) is 19.7 Å². The molecule has 0 bridgehead atoms. The van der Waals surface area contributed by atoms with Crippen LogP contribution in [0.4, 0.5) is 11.4 Å². The molecule has 1 heterocycles. The number of carbonyl (C=O) groups is 2. The number of thioether (sulfide) groups is 1. The molecule has 1 aliphatic carbocycles. The van der Waals surface area contributed by atoms with E-state index in [4.69, 9.17) is 0 Å². The summed E-state index contributed by atoms with van der Waals surface area (Å²) in [7, 11) is 0. The Morgan fingerprint density at radius 2 is 1.68 bits per heavy atom. The minimum Gasteiger partial charge on any atom is -0.294 e. The van der Waals surface area contributed by atoms with Crippen LogP contribution >= 0.6 is 11.8 Å². The molecule has 2 aliphatic rings. The SMILES string of the molecule is CSc1ccc(C2CC(=O)N(c3ccc([N+](=O)[O-])cc3)C3=C2C(=O)CC(C)(C)C3)cc1. The van der Waals surface area contributed by atoms with Crippen LogP contribution in [0.3, 0.4) is 0 Å². The summed E-state index contributed by atoms with van der Waals surface area (Å²) in [5.74, 6) is -0.294. The van der Waals surface area contributed by atoms with Crippen molar-refractivity contribution in [3.63, 3.8) is 0 Å². The molecule has 1 aliphatic heterocycles. The minimum atomic E-state index is -0.464. The van der Waals surface area contributed by atoms with Gasteiger partial charge in [-0.2, -0.15) is 0 Å². The summed E-state index contributed by atoms with van der Waals surface area (Å²) in [4.78, 5) is 39.9. The largest absolute Gasteiger partial charge is 0.294 e. The molecule has 0 saturated heterocycles. The summed E-state index contributed by atoms with van der Waals surface area (Å²) >= 11 is 1.65. The molecule has 0 spiro atoms. The number of hydrogen-bond donors (Lipinski definition) is 0. The van der Waals surface area contributed by atoms with Gasteiger partial charge >= 0.3 is 0 Å². The number of nitro groups is 1. The van der Waals surface area contributed by atoms with E-state index in [0.717, 1.165) is 16.2 Å². The van der Waals surface area contributed by atoms with Crippen LogP contribution in [0, 0.1) is 15.5 Å². The number of ketones is 1. The Hall–Kier alpha value is -2.93. The van der Waals surface area contributed by atoms with E-state index < -0.39 is 4.92 Å². The molecule has 0 fully saturated rings. The van der Waals surface area contributed by atoms with Crippen molar-refractivity contribution in [2.45, 2.75) is 43.9 Å². The highest BCUT2D eigenvalue weighted by Gasteiger charge is 2.44. The maximum Gasteiger partial charge on any atom is 0.269 e. The number of rotatable bonds is 4. The summed E-state index contributed by atoms with van der Waals surface area (Å²) in [5.41, 5.74) is 2.66. The summed E-state index contributed by atoms with van der Waals surface area (Å²) in [5, 5.41) is 11.0. The van der Waals surface area contributed by atoms with Crippen molar-refractivity contribution in [1.82, 2.24) is 0 Å². The Balaban J connectivity index is 1.83. The zero-order chi connectivity index (χ0) is 22.3. The van der Waals surface area contributed by atoms with Gasteiger partial charge in [0.2, 0.25) is 5.91 Å². The predicted octanol–water partition coefficient (Wildman–Crippen LogP) is 5.48. The van der Waals surface area contributed by atoms with Gasteiger partial charge in [0.05, 0.1) is 4.92 Å². The molecule has 31 heavy (non-hydrogen) atoms. The number of anilines is 1. The van der Waals surface area contributed by atoms with Gasteiger partial charge in [-0.15, -0.1) is 11.8 Å². The third-order valence-corrected chi connectivity index (χ3v) is 6.72. The number of amides is 1. The Morgan fingerprint density at radius 1 is 1.03 bits per heavy atom. The molecule has 160 valence electrons. The standard InChI is InChI=1S/C24H24N2O4S/c1-24(2)13-20-23(21(27)14-24)19(15-4-10-18(31-3)11-5-15)12-22(28)25(20)16-6-8-17(9-7-16)26(29)30/h4-11,19H,12-14H2,1-3H3. The van der Waals surface area contributed by atoms with Gasteiger partial charge in [0.1, 0.15) is 0 Å². The van der Waals surface area contributed by atoms with Crippen molar-refractivity contribution in [2.24, 2.45) is 5.41 Å². The first-order valence-electron chi connectivity index (χ1n) is 10.2. The lowest BCUT2D eigenvalue weighted by Crippen LogP contribution is -2.43. The maximum absolute atomic E-state index is 13.3. The molecule has 7 heteroatoms. The van der Waals surface area contributed by atoms with E-state index in [-0.39, 0.29) is 35.1 Å². The van der Waals surface area contributed by atoms with Crippen LogP contribution in [0.15, 0.2) is 64.7 Å². The molecule has 0 saturated carbocycles. The number of allylic oxidation sites excluding steroid dienone is 2. The average Bonchev–Trinajstić information content (AvgIpc) is 2.72. The molecule has 6 nitrogen and oxygen atoms in total. The Labute approximate surface area is 185 Å². The van der Waals surface area contributed by atoms with E-state index in [1.165, 1.54) is 12.1 Å². The van der Waals surface area contributed by atoms with Crippen molar-refractivity contribution < 1.29 is 14.5 Å². The van der Waals surface area contributed by atoms with Crippen molar-refractivity contribution >= 4 is 34.8 Å². The summed E-state index contributed by atoms with van der Waals surface area (Å²) < 4.78 is 0. The van der Waals surface area contributed by atoms with E-state index in [0.29, 0.717) is 24.1 Å². The zero-order valence-electron chi connectivity index (χ0n) is 17.8. The van der Waals surface area contributed by atoms with E-state index in [2.05, 4.69) is 0 Å². The van der Waals surface area contributed by atoms with Gasteiger partial charge in [0.25, 0.3) is 5.69 Å². The second-order valence-corrected chi connectivity index (χ2v) is 9.71. The first kappa shape index (κ1) is 21.3. The average molecular weight is 437 g/mol. The van der Waals surface area contributed by atoms with Crippen LogP contribution in [-0.2, 0) is 9.59 Å². The van der Waals surface area contributed by atoms with Gasteiger partial charge in [-0.25, -0.2) is 0 Å². The number of benzene rings is 2. The number of Topliss-reactive ketones (excluding diaryl/α,β-unsaturated/α-hetero) is 1. The normalized spacial score (nSPS) is 20.6. The lowest BCUT2D eigenvalue weighted by molar-refractivity contribution is -0.384. The number of nitrogens with zero attached hydrogens (tertiary/aromatic N) is 2. The predicted molar refractivity (Wildman–Crippen MR) is 121 cm³/mol. The van der Waals surface area contributed by atoms with Crippen LogP contribution in [0.1, 0.15) is 44.6 Å². The number of nitro benzene ring substituents is 1. The van der Waals surface area contributed by atoms with Gasteiger partial charge in [0.15, 0.2) is 5.78 Å². The van der Waals surface area contributed by atoms with Crippen molar-refractivity contribution in [1.29, 1.82) is 0 Å². The van der Waals surface area contributed by atoms with Crippen LogP contribution in [0.5, 0.6) is 0 Å². The second-order valence-electron chi connectivity index (χ2n) is 8.83. The fraction of sp³-hybridized carbons (Fsp3) is 0.333. The molecule has 2 aromatic carbocycles. The zero-order valence-corrected chi connectivity index (χ0v) is 18.6. The highest BCUT2D eigenvalue weighted by molar-refractivity contribution is 7.98. The molecule has 1 atom stereocenters. The number of carbonyl (C=O) groups excluding carboxylic acids is 2. The lowest BCUT2D eigenvalue weighted by Gasteiger charge is -2.43. The van der Waals surface area contributed by atoms with E-state index in [1.54, 1.807) is 28.8 Å². The second kappa shape index (κ2) is 7.96. The third kappa shape index (κ3) is 4.02. The first-order chi connectivity index (χ1) is 14.7. The van der Waals surface area contributed by atoms with Gasteiger partial charge in [-0.3, -0.25) is 24.6 Å². The maximum atomic E-state index is 13.3. The van der Waals surface area contributed by atoms with Crippen molar-refractivity contribution in [3.05, 3.63) is 75.5 Å². The highest BCUT2D eigenvalue weighted by Crippen LogP contribution is 2.48. The molecule has 0 aromatic heterocycles. The quantitative estimate of drug-likeness (QED) is 0.360. The molecule has 1 unspecified atom stereocenters. The molecule has 2 aromatic rings. The molecule has 0 radical (unpaired) electrons. The Morgan fingerprint density at radius 3 is 2.26 bits per heavy atom. The topological polar surface area (TPSA) is 80.5 Å². The van der Waals surface area contributed by atoms with Crippen molar-refractivity contribution in [2.75, 3.05) is 11.2 Å². The fourth-order valence-electron chi connectivity index (χ4n) is 4.56. The van der Waals surface area contributed by atoms with Crippen molar-refractivity contribution in [3.8, 4) is 0 Å². The van der Waals surface area contributed by atoms with Gasteiger partial charge in [-0.05, 0) is 47.9 Å². The van der Waals surface area contributed by atoms with Crippen LogP contribution in [-0.4, -0.2) is 22.9 Å². The number of hydrogen-bond acceptors (Lipinski definition) is 5. The summed E-state index contributed by atoms with van der Waals surface area (Å²) in [6.07, 6.45) is 3.24. The molecule has 4 rings (SSSR count). The van der Waals surface area contributed by atoms with Crippen LogP contribution < -0.4 is 4.90 Å². The van der Waals surface area contributed by atoms with Crippen LogP contribution in [0.25, 0.3) is 0 Å². The van der Waals surface area contributed by atoms with Gasteiger partial charge in [-0.1, -0.05) is 26.0 Å². The highest BCUT2D eigenvalue weighted by atomic mass is 32.2. The number of non-ortho nitro benzene ring substituents is 1. The smallest absolute Gasteiger partial charge is 0.269 e. The monoisotopic (exact) mass is 436 g/mol. The molecular formula is C24H24N2O4S. The summed E-state index contributed by atoms with van der Waals surface area (Å²) in [6.45, 7) is 4.06. The Kier molecular flexibility index (Phi) is 5.47. The summed E-state index contributed by atoms with van der Waals surface area (Å²) in [6, 6.07) is 14.0. The van der Waals surface area contributed by atoms with Gasteiger partial charge < -0.3 is 0 Å². The van der Waals surface area contributed by atoms with Gasteiger partial charge in [0, 0.05) is 52.7 Å².